The van der Waals surface area contributed by atoms with Crippen molar-refractivity contribution < 1.29 is 4.79 Å². The van der Waals surface area contributed by atoms with Crippen LogP contribution in [0.1, 0.15) is 56.1 Å². The molecule has 1 aromatic rings. The number of hydrogen-bond donors (Lipinski definition) is 0. The number of aryl methyl sites for hydroxylation is 1. The van der Waals surface area contributed by atoms with Crippen LogP contribution in [0.25, 0.3) is 0 Å². The lowest BCUT2D eigenvalue weighted by Crippen LogP contribution is -2.12. The molecule has 0 aromatic heterocycles. The summed E-state index contributed by atoms with van der Waals surface area (Å²) in [5, 5.41) is 0. The van der Waals surface area contributed by atoms with E-state index in [9.17, 15) is 4.79 Å². The summed E-state index contributed by atoms with van der Waals surface area (Å²) in [4.78, 5) is 11.4. The number of hydrogen-bond acceptors (Lipinski definition) is 1. The molecule has 1 rings (SSSR count). The molecule has 0 atom stereocenters. The Bertz CT molecular complexity index is 369. The SMILES string of the molecule is CCc1cc(C(C)=O)cc(C(C)(C)C)c1. The minimum Gasteiger partial charge on any atom is -0.295 e. The number of benzene rings is 1. The molecule has 0 aliphatic heterocycles. The average molecular weight is 204 g/mol. The first-order chi connectivity index (χ1) is 6.84. The Morgan fingerprint density at radius 3 is 2.20 bits per heavy atom. The van der Waals surface area contributed by atoms with E-state index in [2.05, 4.69) is 33.8 Å². The Hall–Kier alpha value is -1.11. The summed E-state index contributed by atoms with van der Waals surface area (Å²) >= 11 is 0. The lowest BCUT2D eigenvalue weighted by molar-refractivity contribution is 0.101. The third-order valence-corrected chi connectivity index (χ3v) is 2.67. The summed E-state index contributed by atoms with van der Waals surface area (Å²) in [6, 6.07) is 6.21. The second-order valence-electron chi connectivity index (χ2n) is 5.08. The lowest BCUT2D eigenvalue weighted by atomic mass is 9.84. The fourth-order valence-electron chi connectivity index (χ4n) is 1.53. The molecule has 1 aromatic carbocycles. The Balaban J connectivity index is 3.30. The predicted molar refractivity (Wildman–Crippen MR) is 64.5 cm³/mol. The average Bonchev–Trinajstić information content (AvgIpc) is 2.15. The first-order valence-corrected chi connectivity index (χ1v) is 5.50. The molecule has 0 bridgehead atoms. The first-order valence-electron chi connectivity index (χ1n) is 5.50. The zero-order chi connectivity index (χ0) is 11.6. The fraction of sp³-hybridized carbons (Fsp3) is 0.500. The molecule has 0 fully saturated rings. The maximum atomic E-state index is 11.4. The quantitative estimate of drug-likeness (QED) is 0.670. The van der Waals surface area contributed by atoms with Gasteiger partial charge in [-0.1, -0.05) is 33.8 Å². The molecule has 0 unspecified atom stereocenters. The molecule has 0 saturated carbocycles. The van der Waals surface area contributed by atoms with E-state index in [-0.39, 0.29) is 11.2 Å². The van der Waals surface area contributed by atoms with E-state index in [1.807, 2.05) is 12.1 Å². The van der Waals surface area contributed by atoms with Gasteiger partial charge in [-0.05, 0) is 42.0 Å². The van der Waals surface area contributed by atoms with Gasteiger partial charge in [-0.25, -0.2) is 0 Å². The molecule has 1 heteroatoms. The van der Waals surface area contributed by atoms with Gasteiger partial charge in [0.15, 0.2) is 5.78 Å². The third-order valence-electron chi connectivity index (χ3n) is 2.67. The van der Waals surface area contributed by atoms with Crippen molar-refractivity contribution in [3.05, 3.63) is 34.9 Å². The van der Waals surface area contributed by atoms with Gasteiger partial charge in [-0.2, -0.15) is 0 Å². The van der Waals surface area contributed by atoms with E-state index >= 15 is 0 Å². The van der Waals surface area contributed by atoms with Crippen LogP contribution in [0.5, 0.6) is 0 Å². The maximum Gasteiger partial charge on any atom is 0.159 e. The highest BCUT2D eigenvalue weighted by atomic mass is 16.1. The minimum absolute atomic E-state index is 0.107. The molecule has 0 heterocycles. The van der Waals surface area contributed by atoms with Crippen molar-refractivity contribution >= 4 is 5.78 Å². The van der Waals surface area contributed by atoms with E-state index in [1.54, 1.807) is 6.92 Å². The zero-order valence-electron chi connectivity index (χ0n) is 10.3. The Morgan fingerprint density at radius 2 is 1.80 bits per heavy atom. The number of carbonyl (C=O) groups is 1. The smallest absolute Gasteiger partial charge is 0.159 e. The maximum absolute atomic E-state index is 11.4. The van der Waals surface area contributed by atoms with Gasteiger partial charge in [0.1, 0.15) is 0 Å². The van der Waals surface area contributed by atoms with Gasteiger partial charge >= 0.3 is 0 Å². The molecule has 0 aliphatic carbocycles. The van der Waals surface area contributed by atoms with Gasteiger partial charge in [0, 0.05) is 5.56 Å². The van der Waals surface area contributed by atoms with Crippen LogP contribution in [0.2, 0.25) is 0 Å². The topological polar surface area (TPSA) is 17.1 Å². The molecular formula is C14H20O. The van der Waals surface area contributed by atoms with Crippen LogP contribution in [-0.4, -0.2) is 5.78 Å². The van der Waals surface area contributed by atoms with E-state index in [1.165, 1.54) is 11.1 Å². The highest BCUT2D eigenvalue weighted by molar-refractivity contribution is 5.94. The molecular weight excluding hydrogens is 184 g/mol. The van der Waals surface area contributed by atoms with Crippen molar-refractivity contribution in [2.24, 2.45) is 0 Å². The minimum atomic E-state index is 0.107. The monoisotopic (exact) mass is 204 g/mol. The normalized spacial score (nSPS) is 11.5. The number of carbonyl (C=O) groups excluding carboxylic acids is 1. The van der Waals surface area contributed by atoms with Gasteiger partial charge in [-0.3, -0.25) is 4.79 Å². The molecule has 0 saturated heterocycles. The standard InChI is InChI=1S/C14H20O/c1-6-11-7-12(10(2)15)9-13(8-11)14(3,4)5/h7-9H,6H2,1-5H3. The van der Waals surface area contributed by atoms with Crippen LogP contribution in [0.3, 0.4) is 0 Å². The van der Waals surface area contributed by atoms with Gasteiger partial charge in [0.05, 0.1) is 0 Å². The molecule has 15 heavy (non-hydrogen) atoms. The van der Waals surface area contributed by atoms with Crippen molar-refractivity contribution in [3.8, 4) is 0 Å². The molecule has 0 aliphatic rings. The summed E-state index contributed by atoms with van der Waals surface area (Å²) in [6.45, 7) is 10.3. The number of rotatable bonds is 2. The van der Waals surface area contributed by atoms with Crippen molar-refractivity contribution in [2.75, 3.05) is 0 Å². The van der Waals surface area contributed by atoms with Crippen LogP contribution in [0, 0.1) is 0 Å². The largest absolute Gasteiger partial charge is 0.295 e. The summed E-state index contributed by atoms with van der Waals surface area (Å²) in [7, 11) is 0. The first kappa shape index (κ1) is 12.0. The van der Waals surface area contributed by atoms with E-state index < -0.39 is 0 Å². The highest BCUT2D eigenvalue weighted by Gasteiger charge is 2.15. The Morgan fingerprint density at radius 1 is 1.20 bits per heavy atom. The summed E-state index contributed by atoms with van der Waals surface area (Å²) in [5.41, 5.74) is 3.43. The second kappa shape index (κ2) is 4.18. The molecule has 0 amide bonds. The predicted octanol–water partition coefficient (Wildman–Crippen LogP) is 3.75. The molecule has 0 N–H and O–H groups in total. The highest BCUT2D eigenvalue weighted by Crippen LogP contribution is 2.25. The molecule has 0 radical (unpaired) electrons. The molecule has 0 spiro atoms. The van der Waals surface area contributed by atoms with Crippen molar-refractivity contribution in [1.29, 1.82) is 0 Å². The van der Waals surface area contributed by atoms with E-state index in [0.717, 1.165) is 12.0 Å². The van der Waals surface area contributed by atoms with Crippen LogP contribution in [-0.2, 0) is 11.8 Å². The van der Waals surface area contributed by atoms with Crippen LogP contribution in [0.4, 0.5) is 0 Å². The molecule has 82 valence electrons. The van der Waals surface area contributed by atoms with Gasteiger partial charge in [0.2, 0.25) is 0 Å². The molecule has 1 nitrogen and oxygen atoms in total. The van der Waals surface area contributed by atoms with Crippen LogP contribution >= 0.6 is 0 Å². The van der Waals surface area contributed by atoms with E-state index in [4.69, 9.17) is 0 Å². The van der Waals surface area contributed by atoms with Gasteiger partial charge < -0.3 is 0 Å². The van der Waals surface area contributed by atoms with Gasteiger partial charge in [0.25, 0.3) is 0 Å². The van der Waals surface area contributed by atoms with Gasteiger partial charge in [-0.15, -0.1) is 0 Å². The van der Waals surface area contributed by atoms with E-state index in [0.29, 0.717) is 0 Å². The second-order valence-corrected chi connectivity index (χ2v) is 5.08. The number of ketones is 1. The lowest BCUT2D eigenvalue weighted by Gasteiger charge is -2.20. The van der Waals surface area contributed by atoms with Crippen LogP contribution < -0.4 is 0 Å². The number of Topliss-reactive ketones (excluding diaryl/α,β-unsaturated/α-hetero) is 1. The zero-order valence-corrected chi connectivity index (χ0v) is 10.3. The third kappa shape index (κ3) is 2.92. The summed E-state index contributed by atoms with van der Waals surface area (Å²) in [6.07, 6.45) is 0.976. The summed E-state index contributed by atoms with van der Waals surface area (Å²) < 4.78 is 0. The Labute approximate surface area is 92.5 Å². The van der Waals surface area contributed by atoms with Crippen LogP contribution in [0.15, 0.2) is 18.2 Å². The fourth-order valence-corrected chi connectivity index (χ4v) is 1.53. The summed E-state index contributed by atoms with van der Waals surface area (Å²) in [5.74, 6) is 0.149. The Kier molecular flexibility index (Phi) is 3.33. The van der Waals surface area contributed by atoms with Crippen molar-refractivity contribution in [2.45, 2.75) is 46.5 Å². The van der Waals surface area contributed by atoms with Crippen molar-refractivity contribution in [3.63, 3.8) is 0 Å². The van der Waals surface area contributed by atoms with Crippen molar-refractivity contribution in [1.82, 2.24) is 0 Å².